The van der Waals surface area contributed by atoms with Crippen molar-refractivity contribution >= 4 is 16.9 Å². The Labute approximate surface area is 172 Å². The highest BCUT2D eigenvalue weighted by molar-refractivity contribution is 5.87. The molecule has 3 aromatic heterocycles. The molecular weight excluding hydrogens is 382 g/mol. The van der Waals surface area contributed by atoms with Crippen molar-refractivity contribution in [2.24, 2.45) is 7.05 Å². The van der Waals surface area contributed by atoms with Gasteiger partial charge in [-0.25, -0.2) is 14.6 Å². The Morgan fingerprint density at radius 1 is 1.10 bits per heavy atom. The second kappa shape index (κ2) is 6.94. The number of rotatable bonds is 4. The maximum absolute atomic E-state index is 12.5. The van der Waals surface area contributed by atoms with Gasteiger partial charge in [0, 0.05) is 31.8 Å². The minimum atomic E-state index is -0.122. The topological polar surface area (TPSA) is 91.0 Å². The van der Waals surface area contributed by atoms with E-state index < -0.39 is 0 Å². The van der Waals surface area contributed by atoms with Crippen LogP contribution in [-0.4, -0.2) is 49.7 Å². The molecule has 0 N–H and O–H groups in total. The van der Waals surface area contributed by atoms with Crippen LogP contribution in [0.2, 0.25) is 0 Å². The monoisotopic (exact) mass is 403 g/mol. The van der Waals surface area contributed by atoms with Crippen molar-refractivity contribution in [1.29, 1.82) is 0 Å². The van der Waals surface area contributed by atoms with Crippen LogP contribution in [0.3, 0.4) is 0 Å². The van der Waals surface area contributed by atoms with Crippen molar-refractivity contribution in [2.75, 3.05) is 25.1 Å². The number of nitrogens with zero attached hydrogens (tertiary/aromatic N) is 7. The third-order valence-corrected chi connectivity index (χ3v) is 5.40. The third kappa shape index (κ3) is 2.90. The molecule has 9 heteroatoms. The molecule has 4 heterocycles. The van der Waals surface area contributed by atoms with Gasteiger partial charge in [-0.15, -0.1) is 0 Å². The Morgan fingerprint density at radius 3 is 2.70 bits per heavy atom. The number of hydrogen-bond acceptors (Lipinski definition) is 7. The number of aryl methyl sites for hydroxylation is 2. The van der Waals surface area contributed by atoms with Crippen molar-refractivity contribution in [3.05, 3.63) is 58.8 Å². The molecule has 0 atom stereocenters. The lowest BCUT2D eigenvalue weighted by Crippen LogP contribution is -2.51. The quantitative estimate of drug-likeness (QED) is 0.514. The van der Waals surface area contributed by atoms with E-state index in [9.17, 15) is 4.79 Å². The summed E-state index contributed by atoms with van der Waals surface area (Å²) in [5, 5.41) is 9.84. The number of ether oxygens (including phenoxy) is 1. The first-order valence-electron chi connectivity index (χ1n) is 9.69. The smallest absolute Gasteiger partial charge is 0.267 e. The zero-order valence-electron chi connectivity index (χ0n) is 17.0. The van der Waals surface area contributed by atoms with Crippen molar-refractivity contribution in [3.63, 3.8) is 0 Å². The van der Waals surface area contributed by atoms with Gasteiger partial charge in [-0.2, -0.15) is 10.2 Å². The molecule has 0 aliphatic carbocycles. The number of para-hydroxylation sites is 1. The van der Waals surface area contributed by atoms with Crippen LogP contribution in [0.5, 0.6) is 5.75 Å². The molecule has 1 saturated heterocycles. The molecule has 0 spiro atoms. The van der Waals surface area contributed by atoms with Gasteiger partial charge >= 0.3 is 0 Å². The summed E-state index contributed by atoms with van der Waals surface area (Å²) in [4.78, 5) is 23.7. The van der Waals surface area contributed by atoms with Crippen molar-refractivity contribution in [3.8, 4) is 17.0 Å². The summed E-state index contributed by atoms with van der Waals surface area (Å²) < 4.78 is 8.75. The average molecular weight is 403 g/mol. The molecule has 4 aromatic rings. The Morgan fingerprint density at radius 2 is 1.90 bits per heavy atom. The van der Waals surface area contributed by atoms with Crippen LogP contribution < -0.4 is 15.2 Å². The van der Waals surface area contributed by atoms with E-state index in [2.05, 4.69) is 25.1 Å². The van der Waals surface area contributed by atoms with E-state index in [-0.39, 0.29) is 11.6 Å². The second-order valence-electron chi connectivity index (χ2n) is 7.36. The van der Waals surface area contributed by atoms with Crippen molar-refractivity contribution in [1.82, 2.24) is 29.5 Å². The normalized spacial score (nSPS) is 14.2. The molecule has 1 aliphatic heterocycles. The van der Waals surface area contributed by atoms with Crippen LogP contribution in [0, 0.1) is 6.92 Å². The van der Waals surface area contributed by atoms with Gasteiger partial charge in [-0.1, -0.05) is 12.1 Å². The average Bonchev–Trinajstić information content (AvgIpc) is 3.09. The molecule has 0 radical (unpaired) electrons. The van der Waals surface area contributed by atoms with E-state index >= 15 is 0 Å². The molecule has 0 bridgehead atoms. The molecular formula is C21H21N7O2. The van der Waals surface area contributed by atoms with Gasteiger partial charge in [-0.05, 0) is 25.1 Å². The standard InChI is InChI=1S/C21H21N7O2/c1-13-23-20-16(10-22-26(20)2)21(24-13)27-11-14(12-27)28-19(29)9-8-17(25-28)15-6-4-5-7-18(15)30-3/h4-10,14H,11-12H2,1-3H3. The number of benzene rings is 1. The summed E-state index contributed by atoms with van der Waals surface area (Å²) in [6, 6.07) is 10.9. The summed E-state index contributed by atoms with van der Waals surface area (Å²) >= 11 is 0. The largest absolute Gasteiger partial charge is 0.496 e. The van der Waals surface area contributed by atoms with Crippen LogP contribution in [0.4, 0.5) is 5.82 Å². The van der Waals surface area contributed by atoms with E-state index in [4.69, 9.17) is 4.74 Å². The second-order valence-corrected chi connectivity index (χ2v) is 7.36. The minimum absolute atomic E-state index is 0.0332. The zero-order valence-corrected chi connectivity index (χ0v) is 17.0. The molecule has 0 saturated carbocycles. The number of fused-ring (bicyclic) bond motifs is 1. The fourth-order valence-corrected chi connectivity index (χ4v) is 3.82. The SMILES string of the molecule is COc1ccccc1-c1ccc(=O)n(C2CN(c3nc(C)nc4c3cnn4C)C2)n1. The van der Waals surface area contributed by atoms with Crippen LogP contribution in [0.25, 0.3) is 22.3 Å². The maximum atomic E-state index is 12.5. The highest BCUT2D eigenvalue weighted by Crippen LogP contribution is 2.32. The van der Waals surface area contributed by atoms with Crippen LogP contribution in [-0.2, 0) is 7.05 Å². The molecule has 152 valence electrons. The fourth-order valence-electron chi connectivity index (χ4n) is 3.82. The molecule has 1 fully saturated rings. The first-order valence-corrected chi connectivity index (χ1v) is 9.69. The molecule has 9 nitrogen and oxygen atoms in total. The number of hydrogen-bond donors (Lipinski definition) is 0. The molecule has 30 heavy (non-hydrogen) atoms. The Hall–Kier alpha value is -3.75. The lowest BCUT2D eigenvalue weighted by molar-refractivity contribution is 0.353. The van der Waals surface area contributed by atoms with Crippen LogP contribution in [0.15, 0.2) is 47.4 Å². The minimum Gasteiger partial charge on any atom is -0.496 e. The van der Waals surface area contributed by atoms with E-state index in [0.29, 0.717) is 24.6 Å². The summed E-state index contributed by atoms with van der Waals surface area (Å²) in [6.07, 6.45) is 1.78. The van der Waals surface area contributed by atoms with E-state index in [1.807, 2.05) is 38.2 Å². The number of anilines is 1. The predicted molar refractivity (Wildman–Crippen MR) is 113 cm³/mol. The van der Waals surface area contributed by atoms with E-state index in [1.165, 1.54) is 0 Å². The van der Waals surface area contributed by atoms with E-state index in [1.54, 1.807) is 34.8 Å². The number of aromatic nitrogens is 6. The highest BCUT2D eigenvalue weighted by atomic mass is 16.5. The van der Waals surface area contributed by atoms with Gasteiger partial charge in [0.1, 0.15) is 17.4 Å². The summed E-state index contributed by atoms with van der Waals surface area (Å²) in [5.74, 6) is 2.26. The molecule has 0 unspecified atom stereocenters. The van der Waals surface area contributed by atoms with Crippen molar-refractivity contribution in [2.45, 2.75) is 13.0 Å². The van der Waals surface area contributed by atoms with Crippen molar-refractivity contribution < 1.29 is 4.74 Å². The van der Waals surface area contributed by atoms with Crippen LogP contribution >= 0.6 is 0 Å². The fraction of sp³-hybridized carbons (Fsp3) is 0.286. The third-order valence-electron chi connectivity index (χ3n) is 5.40. The summed E-state index contributed by atoms with van der Waals surface area (Å²) in [7, 11) is 3.49. The summed E-state index contributed by atoms with van der Waals surface area (Å²) in [5.41, 5.74) is 2.24. The lowest BCUT2D eigenvalue weighted by atomic mass is 10.1. The van der Waals surface area contributed by atoms with Gasteiger partial charge < -0.3 is 9.64 Å². The first-order chi connectivity index (χ1) is 14.5. The van der Waals surface area contributed by atoms with Gasteiger partial charge in [0.15, 0.2) is 5.65 Å². The van der Waals surface area contributed by atoms with E-state index in [0.717, 1.165) is 28.2 Å². The molecule has 1 aliphatic rings. The maximum Gasteiger partial charge on any atom is 0.267 e. The molecule has 5 rings (SSSR count). The summed E-state index contributed by atoms with van der Waals surface area (Å²) in [6.45, 7) is 3.15. The van der Waals surface area contributed by atoms with Gasteiger partial charge in [0.05, 0.1) is 30.4 Å². The zero-order chi connectivity index (χ0) is 20.8. The lowest BCUT2D eigenvalue weighted by Gasteiger charge is -2.40. The van der Waals surface area contributed by atoms with Gasteiger partial charge in [-0.3, -0.25) is 9.48 Å². The Balaban J connectivity index is 1.45. The van der Waals surface area contributed by atoms with Crippen LogP contribution in [0.1, 0.15) is 11.9 Å². The van der Waals surface area contributed by atoms with Gasteiger partial charge in [0.2, 0.25) is 0 Å². The number of methoxy groups -OCH3 is 1. The van der Waals surface area contributed by atoms with Gasteiger partial charge in [0.25, 0.3) is 5.56 Å². The Kier molecular flexibility index (Phi) is 4.23. The first kappa shape index (κ1) is 18.3. The Bertz CT molecular complexity index is 1300. The molecule has 0 amide bonds. The molecule has 1 aromatic carbocycles. The predicted octanol–water partition coefficient (Wildman–Crippen LogP) is 1.97. The highest BCUT2D eigenvalue weighted by Gasteiger charge is 2.32.